The molecule has 0 bridgehead atoms. The molecule has 0 spiro atoms. The van der Waals surface area contributed by atoms with E-state index in [4.69, 9.17) is 19.9 Å². The van der Waals surface area contributed by atoms with Gasteiger partial charge in [0.2, 0.25) is 5.88 Å². The zero-order chi connectivity index (χ0) is 32.2. The van der Waals surface area contributed by atoms with E-state index < -0.39 is 29.2 Å². The summed E-state index contributed by atoms with van der Waals surface area (Å²) in [5.41, 5.74) is 6.16. The van der Waals surface area contributed by atoms with Gasteiger partial charge in [-0.05, 0) is 47.4 Å². The molecule has 0 aliphatic carbocycles. The molecule has 2 aromatic carbocycles. The number of pyridine rings is 1. The van der Waals surface area contributed by atoms with Crippen LogP contribution in [0.25, 0.3) is 11.3 Å². The van der Waals surface area contributed by atoms with Crippen LogP contribution in [0.15, 0.2) is 82.4 Å². The molecule has 2 N–H and O–H groups in total. The Morgan fingerprint density at radius 2 is 1.75 bits per heavy atom. The summed E-state index contributed by atoms with van der Waals surface area (Å²) in [6, 6.07) is 18.0. The first-order chi connectivity index (χ1) is 20.9. The Morgan fingerprint density at radius 1 is 1.09 bits per heavy atom. The van der Waals surface area contributed by atoms with E-state index in [1.807, 2.05) is 32.0 Å². The molecule has 2 heterocycles. The van der Waals surface area contributed by atoms with Crippen molar-refractivity contribution in [2.24, 2.45) is 5.73 Å². The predicted molar refractivity (Wildman–Crippen MR) is 157 cm³/mol. The number of carbonyl (C=O) groups excluding carboxylic acids is 1. The highest BCUT2D eigenvalue weighted by molar-refractivity contribution is 7.99. The highest BCUT2D eigenvalue weighted by atomic mass is 32.2. The van der Waals surface area contributed by atoms with Crippen LogP contribution >= 0.6 is 11.8 Å². The van der Waals surface area contributed by atoms with Gasteiger partial charge in [-0.25, -0.2) is 9.78 Å². The summed E-state index contributed by atoms with van der Waals surface area (Å²) < 4.78 is 58.3. The van der Waals surface area contributed by atoms with Crippen LogP contribution in [0.4, 0.5) is 13.2 Å². The van der Waals surface area contributed by atoms with Crippen LogP contribution in [0.5, 0.6) is 5.75 Å². The summed E-state index contributed by atoms with van der Waals surface area (Å²) in [6.45, 7) is 4.04. The number of hydrogen-bond acceptors (Lipinski definition) is 9. The number of esters is 1. The Kier molecular flexibility index (Phi) is 9.56. The average Bonchev–Trinajstić information content (AvgIpc) is 3.02. The molecule has 0 saturated carbocycles. The molecule has 4 rings (SSSR count). The van der Waals surface area contributed by atoms with Crippen LogP contribution in [0, 0.1) is 22.7 Å². The molecule has 0 saturated heterocycles. The molecule has 1 atom stereocenters. The largest absolute Gasteiger partial charge is 0.497 e. The Hall–Kier alpha value is -4.94. The van der Waals surface area contributed by atoms with Gasteiger partial charge in [-0.2, -0.15) is 23.7 Å². The molecular formula is C32H27F3N4O4S. The fraction of sp³-hybridized carbons (Fsp3) is 0.250. The summed E-state index contributed by atoms with van der Waals surface area (Å²) in [5, 5.41) is 19.5. The first-order valence-electron chi connectivity index (χ1n) is 13.2. The van der Waals surface area contributed by atoms with Gasteiger partial charge in [0.1, 0.15) is 34.2 Å². The van der Waals surface area contributed by atoms with E-state index in [1.165, 1.54) is 7.11 Å². The van der Waals surface area contributed by atoms with Gasteiger partial charge in [0.15, 0.2) is 0 Å². The van der Waals surface area contributed by atoms with Crippen molar-refractivity contribution in [3.05, 3.63) is 99.6 Å². The highest BCUT2D eigenvalue weighted by Crippen LogP contribution is 2.43. The number of aromatic nitrogens is 1. The number of halogens is 3. The number of benzene rings is 2. The number of carbonyl (C=O) groups is 1. The van der Waals surface area contributed by atoms with Crippen molar-refractivity contribution in [2.45, 2.75) is 36.9 Å². The number of hydrogen-bond donors (Lipinski definition) is 1. The first kappa shape index (κ1) is 32.0. The van der Waals surface area contributed by atoms with Gasteiger partial charge in [-0.15, -0.1) is 0 Å². The standard InChI is InChI=1S/C32H27F3N4O4S/c1-17(2)18-5-7-20(8-6-18)27-23(15-37)29(38)43-26(28(27)31(40)42-4)16-44-30-22(14-36)24(32(33,34)35)13-25(39-30)19-9-11-21(41-3)12-10-19/h5-13,17,27H,16,38H2,1-4H3. The molecule has 226 valence electrons. The zero-order valence-corrected chi connectivity index (χ0v) is 25.0. The lowest BCUT2D eigenvalue weighted by Crippen LogP contribution is -2.26. The maximum absolute atomic E-state index is 14.1. The number of nitriles is 2. The van der Waals surface area contributed by atoms with Crippen molar-refractivity contribution in [3.63, 3.8) is 0 Å². The third-order valence-electron chi connectivity index (χ3n) is 6.97. The average molecular weight is 621 g/mol. The van der Waals surface area contributed by atoms with Crippen molar-refractivity contribution < 1.29 is 32.2 Å². The van der Waals surface area contributed by atoms with Gasteiger partial charge in [-0.1, -0.05) is 49.9 Å². The van der Waals surface area contributed by atoms with Crippen molar-refractivity contribution in [1.82, 2.24) is 4.98 Å². The molecule has 8 nitrogen and oxygen atoms in total. The van der Waals surface area contributed by atoms with Crippen LogP contribution < -0.4 is 10.5 Å². The second-order valence-electron chi connectivity index (χ2n) is 9.94. The smallest absolute Gasteiger partial charge is 0.417 e. The molecule has 0 radical (unpaired) electrons. The number of rotatable bonds is 8. The number of nitrogens with two attached hydrogens (primary N) is 1. The van der Waals surface area contributed by atoms with Crippen molar-refractivity contribution in [2.75, 3.05) is 20.0 Å². The molecule has 1 aliphatic rings. The van der Waals surface area contributed by atoms with E-state index in [-0.39, 0.29) is 45.2 Å². The highest BCUT2D eigenvalue weighted by Gasteiger charge is 2.39. The zero-order valence-electron chi connectivity index (χ0n) is 24.2. The molecule has 1 aliphatic heterocycles. The minimum Gasteiger partial charge on any atom is -0.497 e. The fourth-order valence-electron chi connectivity index (χ4n) is 4.67. The normalized spacial score (nSPS) is 15.0. The second-order valence-corrected chi connectivity index (χ2v) is 10.9. The number of methoxy groups -OCH3 is 2. The number of allylic oxidation sites excluding steroid dienone is 1. The van der Waals surface area contributed by atoms with Crippen LogP contribution in [-0.2, 0) is 20.4 Å². The van der Waals surface area contributed by atoms with Crippen LogP contribution in [0.3, 0.4) is 0 Å². The molecule has 0 amide bonds. The van der Waals surface area contributed by atoms with Gasteiger partial charge in [0, 0.05) is 5.56 Å². The van der Waals surface area contributed by atoms with E-state index in [9.17, 15) is 28.5 Å². The number of thioether (sulfide) groups is 1. The van der Waals surface area contributed by atoms with Crippen LogP contribution in [0.2, 0.25) is 0 Å². The van der Waals surface area contributed by atoms with E-state index in [0.717, 1.165) is 30.5 Å². The Balaban J connectivity index is 1.83. The Labute approximate surface area is 256 Å². The summed E-state index contributed by atoms with van der Waals surface area (Å²) in [4.78, 5) is 17.5. The van der Waals surface area contributed by atoms with Crippen molar-refractivity contribution >= 4 is 17.7 Å². The summed E-state index contributed by atoms with van der Waals surface area (Å²) in [5.74, 6) is -1.59. The Bertz CT molecular complexity index is 1720. The minimum atomic E-state index is -4.86. The summed E-state index contributed by atoms with van der Waals surface area (Å²) in [7, 11) is 2.62. The maximum Gasteiger partial charge on any atom is 0.417 e. The lowest BCUT2D eigenvalue weighted by Gasteiger charge is -2.28. The predicted octanol–water partition coefficient (Wildman–Crippen LogP) is 6.80. The fourth-order valence-corrected chi connectivity index (χ4v) is 5.61. The van der Waals surface area contributed by atoms with Gasteiger partial charge >= 0.3 is 12.1 Å². The third kappa shape index (κ3) is 6.51. The SMILES string of the molecule is COC(=O)C1=C(CSc2nc(-c3ccc(OC)cc3)cc(C(F)(F)F)c2C#N)OC(N)=C(C#N)C1c1ccc(C(C)C)cc1. The van der Waals surface area contributed by atoms with E-state index in [1.54, 1.807) is 42.5 Å². The molecule has 12 heteroatoms. The molecule has 0 fully saturated rings. The van der Waals surface area contributed by atoms with Gasteiger partial charge in [-0.3, -0.25) is 0 Å². The van der Waals surface area contributed by atoms with E-state index in [2.05, 4.69) is 4.98 Å². The Morgan fingerprint density at radius 3 is 2.27 bits per heavy atom. The maximum atomic E-state index is 14.1. The van der Waals surface area contributed by atoms with E-state index in [0.29, 0.717) is 16.9 Å². The topological polar surface area (TPSA) is 131 Å². The van der Waals surface area contributed by atoms with Crippen LogP contribution in [-0.4, -0.2) is 30.9 Å². The lowest BCUT2D eigenvalue weighted by molar-refractivity contribution is -0.138. The van der Waals surface area contributed by atoms with E-state index >= 15 is 0 Å². The van der Waals surface area contributed by atoms with Gasteiger partial charge in [0.25, 0.3) is 0 Å². The van der Waals surface area contributed by atoms with Gasteiger partial charge < -0.3 is 19.9 Å². The van der Waals surface area contributed by atoms with Gasteiger partial charge in [0.05, 0.1) is 48.3 Å². The van der Waals surface area contributed by atoms with Crippen LogP contribution in [0.1, 0.15) is 47.9 Å². The summed E-state index contributed by atoms with van der Waals surface area (Å²) in [6.07, 6.45) is -4.86. The molecule has 1 aromatic heterocycles. The number of alkyl halides is 3. The van der Waals surface area contributed by atoms with Crippen molar-refractivity contribution in [3.8, 4) is 29.1 Å². The molecular weight excluding hydrogens is 593 g/mol. The van der Waals surface area contributed by atoms with Crippen molar-refractivity contribution in [1.29, 1.82) is 10.5 Å². The minimum absolute atomic E-state index is 0.0202. The lowest BCUT2D eigenvalue weighted by atomic mass is 9.82. The third-order valence-corrected chi connectivity index (χ3v) is 7.94. The molecule has 44 heavy (non-hydrogen) atoms. The number of ether oxygens (including phenoxy) is 3. The number of nitrogens with zero attached hydrogens (tertiary/aromatic N) is 3. The molecule has 1 unspecified atom stereocenters. The summed E-state index contributed by atoms with van der Waals surface area (Å²) >= 11 is 0.761. The quantitative estimate of drug-likeness (QED) is 0.213. The monoisotopic (exact) mass is 620 g/mol. The molecule has 3 aromatic rings. The first-order valence-corrected chi connectivity index (χ1v) is 14.2. The second kappa shape index (κ2) is 13.1.